The van der Waals surface area contributed by atoms with Crippen molar-refractivity contribution in [2.45, 2.75) is 57.8 Å². The van der Waals surface area contributed by atoms with Crippen molar-refractivity contribution < 1.29 is 60.6 Å². The van der Waals surface area contributed by atoms with E-state index in [-0.39, 0.29) is 45.6 Å². The number of nitrogens with two attached hydrogens (primary N) is 3. The molecule has 0 saturated heterocycles. The molecule has 10 N–H and O–H groups in total. The van der Waals surface area contributed by atoms with Crippen LogP contribution in [0.1, 0.15) is 57.8 Å². The topological polar surface area (TPSA) is 266 Å². The molecule has 0 rings (SSSR count). The average molecular weight is 660 g/mol. The van der Waals surface area contributed by atoms with Gasteiger partial charge in [0.2, 0.25) is 0 Å². The minimum absolute atomic E-state index is 0.185. The fraction of sp³-hybridized carbons (Fsp3) is 1.00. The van der Waals surface area contributed by atoms with Gasteiger partial charge in [0.05, 0.1) is 33.0 Å². The summed E-state index contributed by atoms with van der Waals surface area (Å²) in [6.07, 6.45) is 5.47. The number of phosphoric ester groups is 3. The number of unbranched alkanes of at least 4 members (excludes halogenated alkanes) is 3. The lowest BCUT2D eigenvalue weighted by atomic mass is 10.0. The Morgan fingerprint density at radius 1 is 0.537 bits per heavy atom. The highest BCUT2D eigenvalue weighted by Crippen LogP contribution is 2.47. The molecule has 0 amide bonds. The summed E-state index contributed by atoms with van der Waals surface area (Å²) < 4.78 is 66.2. The number of aliphatic hydroxyl groups excluding tert-OH is 1. The summed E-state index contributed by atoms with van der Waals surface area (Å²) in [7, 11) is -12.3. The lowest BCUT2D eigenvalue weighted by Gasteiger charge is -2.23. The monoisotopic (exact) mass is 659 g/mol. The van der Waals surface area contributed by atoms with Crippen molar-refractivity contribution in [3.8, 4) is 0 Å². The first-order valence-corrected chi connectivity index (χ1v) is 18.3. The lowest BCUT2D eigenvalue weighted by Crippen LogP contribution is -2.19. The quantitative estimate of drug-likeness (QED) is 0.0448. The lowest BCUT2D eigenvalue weighted by molar-refractivity contribution is 0.0686. The predicted octanol–water partition coefficient (Wildman–Crippen LogP) is 2.24. The molecular formula is C22H52N3O13P3. The molecule has 0 fully saturated rings. The molecule has 6 atom stereocenters. The van der Waals surface area contributed by atoms with E-state index in [9.17, 15) is 33.5 Å². The summed E-state index contributed by atoms with van der Waals surface area (Å²) in [6.45, 7) is -0.276. The summed E-state index contributed by atoms with van der Waals surface area (Å²) in [4.78, 5) is 29.8. The smallest absolute Gasteiger partial charge is 0.396 e. The van der Waals surface area contributed by atoms with Gasteiger partial charge in [0, 0.05) is 31.5 Å². The third-order valence-electron chi connectivity index (χ3n) is 6.06. The maximum atomic E-state index is 12.6. The van der Waals surface area contributed by atoms with E-state index in [0.29, 0.717) is 64.6 Å². The van der Waals surface area contributed by atoms with E-state index in [2.05, 4.69) is 4.52 Å². The van der Waals surface area contributed by atoms with Crippen molar-refractivity contribution in [3.63, 3.8) is 0 Å². The largest absolute Gasteiger partial charge is 0.472 e. The van der Waals surface area contributed by atoms with Crippen LogP contribution in [0.5, 0.6) is 0 Å². The molecule has 0 aliphatic rings. The van der Waals surface area contributed by atoms with Crippen molar-refractivity contribution >= 4 is 23.5 Å². The average Bonchev–Trinajstić information content (AvgIpc) is 2.93. The van der Waals surface area contributed by atoms with Crippen LogP contribution in [0.3, 0.4) is 0 Å². The van der Waals surface area contributed by atoms with Crippen LogP contribution in [0, 0.1) is 17.8 Å². The molecule has 0 aliphatic heterocycles. The minimum atomic E-state index is -4.58. The number of hydrogen-bond donors (Lipinski definition) is 7. The molecule has 0 heterocycles. The second-order valence-electron chi connectivity index (χ2n) is 9.70. The zero-order valence-electron chi connectivity index (χ0n) is 24.0. The number of phosphoric acid groups is 3. The maximum absolute atomic E-state index is 12.6. The Balaban J connectivity index is 4.98. The molecule has 0 aromatic heterocycles. The van der Waals surface area contributed by atoms with E-state index in [0.717, 1.165) is 20.0 Å². The Bertz CT molecular complexity index is 799. The normalized spacial score (nSPS) is 18.7. The maximum Gasteiger partial charge on any atom is 0.472 e. The van der Waals surface area contributed by atoms with Crippen LogP contribution in [0.25, 0.3) is 0 Å². The van der Waals surface area contributed by atoms with E-state index in [4.69, 9.17) is 39.8 Å². The Kier molecular flexibility index (Phi) is 23.6. The van der Waals surface area contributed by atoms with Gasteiger partial charge in [-0.3, -0.25) is 27.1 Å². The third-order valence-corrected chi connectivity index (χ3v) is 8.89. The summed E-state index contributed by atoms with van der Waals surface area (Å²) >= 11 is 0. The van der Waals surface area contributed by atoms with Crippen LogP contribution >= 0.6 is 23.5 Å². The molecule has 0 aromatic rings. The molecular weight excluding hydrogens is 607 g/mol. The highest BCUT2D eigenvalue weighted by molar-refractivity contribution is 7.47. The van der Waals surface area contributed by atoms with Gasteiger partial charge in [0.1, 0.15) is 0 Å². The predicted molar refractivity (Wildman–Crippen MR) is 153 cm³/mol. The Labute approximate surface area is 243 Å². The SMILES string of the molecule is COP(=O)(O)OCC(CCCCN)COP(=O)(O)OCC(CCCCN)COP(=O)(O)OCC(CO)CCCCN. The van der Waals surface area contributed by atoms with Crippen LogP contribution in [0.2, 0.25) is 0 Å². The zero-order valence-corrected chi connectivity index (χ0v) is 26.7. The van der Waals surface area contributed by atoms with E-state index in [1.54, 1.807) is 0 Å². The van der Waals surface area contributed by atoms with Crippen LogP contribution in [-0.2, 0) is 40.8 Å². The Morgan fingerprint density at radius 3 is 1.12 bits per heavy atom. The third kappa shape index (κ3) is 23.3. The number of rotatable bonds is 29. The second-order valence-corrected chi connectivity index (χ2v) is 14.2. The highest BCUT2D eigenvalue weighted by Gasteiger charge is 2.29. The van der Waals surface area contributed by atoms with Crippen LogP contribution in [-0.4, -0.2) is 86.2 Å². The van der Waals surface area contributed by atoms with Crippen LogP contribution in [0.4, 0.5) is 0 Å². The van der Waals surface area contributed by atoms with Gasteiger partial charge in [-0.05, 0) is 58.2 Å². The fourth-order valence-corrected chi connectivity index (χ4v) is 5.76. The first-order valence-electron chi connectivity index (χ1n) is 13.8. The number of hydrogen-bond acceptors (Lipinski definition) is 13. The van der Waals surface area contributed by atoms with Crippen molar-refractivity contribution in [1.29, 1.82) is 0 Å². The van der Waals surface area contributed by atoms with Gasteiger partial charge in [-0.1, -0.05) is 19.3 Å². The van der Waals surface area contributed by atoms with Crippen LogP contribution in [0.15, 0.2) is 0 Å². The van der Waals surface area contributed by atoms with Gasteiger partial charge < -0.3 is 37.0 Å². The molecule has 0 saturated carbocycles. The van der Waals surface area contributed by atoms with Crippen molar-refractivity contribution in [3.05, 3.63) is 0 Å². The van der Waals surface area contributed by atoms with Gasteiger partial charge in [-0.25, -0.2) is 13.7 Å². The molecule has 0 aromatic carbocycles. The second kappa shape index (κ2) is 23.5. The van der Waals surface area contributed by atoms with Crippen molar-refractivity contribution in [1.82, 2.24) is 0 Å². The first-order chi connectivity index (χ1) is 19.3. The van der Waals surface area contributed by atoms with Crippen molar-refractivity contribution in [2.75, 3.05) is 66.4 Å². The van der Waals surface area contributed by atoms with Gasteiger partial charge in [0.15, 0.2) is 0 Å². The zero-order chi connectivity index (χ0) is 31.2. The van der Waals surface area contributed by atoms with E-state index in [1.807, 2.05) is 0 Å². The molecule has 0 radical (unpaired) electrons. The van der Waals surface area contributed by atoms with Crippen molar-refractivity contribution in [2.24, 2.45) is 35.0 Å². The van der Waals surface area contributed by atoms with E-state index >= 15 is 0 Å². The molecule has 0 aliphatic carbocycles. The first kappa shape index (κ1) is 41.2. The molecule has 19 heteroatoms. The minimum Gasteiger partial charge on any atom is -0.396 e. The molecule has 16 nitrogen and oxygen atoms in total. The van der Waals surface area contributed by atoms with Gasteiger partial charge in [-0.2, -0.15) is 0 Å². The molecule has 41 heavy (non-hydrogen) atoms. The molecule has 0 bridgehead atoms. The van der Waals surface area contributed by atoms with E-state index < -0.39 is 35.3 Å². The van der Waals surface area contributed by atoms with E-state index in [1.165, 1.54) is 0 Å². The number of aliphatic hydroxyl groups is 1. The molecule has 0 spiro atoms. The van der Waals surface area contributed by atoms with Gasteiger partial charge >= 0.3 is 23.5 Å². The molecule has 6 unspecified atom stereocenters. The Morgan fingerprint density at radius 2 is 0.829 bits per heavy atom. The summed E-state index contributed by atoms with van der Waals surface area (Å²) in [6, 6.07) is 0. The van der Waals surface area contributed by atoms with Gasteiger partial charge in [-0.15, -0.1) is 0 Å². The molecule has 248 valence electrons. The highest BCUT2D eigenvalue weighted by atomic mass is 31.2. The summed E-state index contributed by atoms with van der Waals surface area (Å²) in [5.41, 5.74) is 16.5. The summed E-state index contributed by atoms with van der Waals surface area (Å²) in [5, 5.41) is 9.46. The van der Waals surface area contributed by atoms with Crippen LogP contribution < -0.4 is 17.2 Å². The standard InChI is InChI=1S/C22H52N3O13P3/c1-33-39(27,28)34-16-21(9-3-6-12-24)17-37-41(31,32)38-19-22(10-4-7-13-25)18-36-40(29,30)35-15-20(14-26)8-2-5-11-23/h20-22,26H,2-19,23-25H2,1H3,(H,27,28)(H,29,30)(H,31,32). The summed E-state index contributed by atoms with van der Waals surface area (Å²) in [5.74, 6) is -1.45. The van der Waals surface area contributed by atoms with Gasteiger partial charge in [0.25, 0.3) is 0 Å². The fourth-order valence-electron chi connectivity index (χ4n) is 3.51. The Hall–Kier alpha value is 0.170.